The fourth-order valence-electron chi connectivity index (χ4n) is 2.76. The molecule has 1 aliphatic carbocycles. The Kier molecular flexibility index (Phi) is 8.93. The first-order valence-corrected chi connectivity index (χ1v) is 9.32. The van der Waals surface area contributed by atoms with E-state index in [1.165, 1.54) is 5.46 Å². The monoisotopic (exact) mass is 370 g/mol. The Bertz CT molecular complexity index is 860. The zero-order chi connectivity index (χ0) is 20.7. The van der Waals surface area contributed by atoms with Crippen molar-refractivity contribution in [3.8, 4) is 0 Å². The maximum atomic E-state index is 12.4. The van der Waals surface area contributed by atoms with E-state index in [9.17, 15) is 4.79 Å². The van der Waals surface area contributed by atoms with Gasteiger partial charge in [-0.05, 0) is 27.6 Å². The Hall–Kier alpha value is -1.92. The molecule has 0 bridgehead atoms. The van der Waals surface area contributed by atoms with Crippen molar-refractivity contribution < 1.29 is 0 Å². The molecule has 0 N–H and O–H groups in total. The number of hydrogen-bond acceptors (Lipinski definition) is 3. The first kappa shape index (κ1) is 23.1. The summed E-state index contributed by atoms with van der Waals surface area (Å²) in [5.74, 6) is 0. The molecule has 2 aromatic heterocycles. The van der Waals surface area contributed by atoms with Crippen LogP contribution in [-0.4, -0.2) is 60.9 Å². The second kappa shape index (κ2) is 10.4. The van der Waals surface area contributed by atoms with E-state index in [1.807, 2.05) is 65.4 Å². The Labute approximate surface area is 164 Å². The minimum absolute atomic E-state index is 0.102. The third-order valence-corrected chi connectivity index (χ3v) is 4.33. The summed E-state index contributed by atoms with van der Waals surface area (Å²) in [5.41, 5.74) is 5.17. The molecule has 0 atom stereocenters. The molecule has 0 saturated carbocycles. The van der Waals surface area contributed by atoms with Gasteiger partial charge in [-0.1, -0.05) is 24.3 Å². The molecule has 6 heteroatoms. The zero-order valence-electron chi connectivity index (χ0n) is 18.5. The number of rotatable bonds is 2. The molecule has 0 fully saturated rings. The molecule has 1 aliphatic rings. The summed E-state index contributed by atoms with van der Waals surface area (Å²) < 4.78 is 3.93. The quantitative estimate of drug-likeness (QED) is 0.815. The van der Waals surface area contributed by atoms with Crippen molar-refractivity contribution in [3.63, 3.8) is 0 Å². The predicted molar refractivity (Wildman–Crippen MR) is 118 cm³/mol. The maximum absolute atomic E-state index is 12.4. The molecule has 0 amide bonds. The average Bonchev–Trinajstić information content (AvgIpc) is 3.23. The number of nitrogens with zero attached hydrogens (tertiary/aromatic N) is 4. The van der Waals surface area contributed by atoms with Gasteiger partial charge in [-0.2, -0.15) is 0 Å². The topological polar surface area (TPSA) is 32.9 Å². The molecular formula is C21H35BN4O. The summed E-state index contributed by atoms with van der Waals surface area (Å²) in [6, 6.07) is 0. The summed E-state index contributed by atoms with van der Waals surface area (Å²) in [5, 5.41) is 0. The molecule has 0 radical (unpaired) electrons. The molecule has 0 unspecified atom stereocenters. The van der Waals surface area contributed by atoms with Crippen LogP contribution in [0.4, 0.5) is 0 Å². The standard InChI is InChI=1S/C13H20BN3O.C5H6.C3H9N/c1-8-10(3)16(6)13-14-9(2)11(7-15(4)5)17(13)12(8)18;1-2-4-5-3-1;1-4(2)3/h7H2,1-6H3;1-4H,5H2;1-3H3. The van der Waals surface area contributed by atoms with Crippen LogP contribution in [0.1, 0.15) is 28.8 Å². The fraction of sp³-hybridized carbons (Fsp3) is 0.524. The summed E-state index contributed by atoms with van der Waals surface area (Å²) in [7, 11) is 12.0. The van der Waals surface area contributed by atoms with Crippen LogP contribution in [0.5, 0.6) is 0 Å². The van der Waals surface area contributed by atoms with E-state index in [0.29, 0.717) is 0 Å². The second-order valence-electron chi connectivity index (χ2n) is 7.71. The zero-order valence-corrected chi connectivity index (χ0v) is 18.5. The Morgan fingerprint density at radius 2 is 1.56 bits per heavy atom. The van der Waals surface area contributed by atoms with Crippen LogP contribution in [0.2, 0.25) is 0 Å². The Balaban J connectivity index is 0.000000333. The van der Waals surface area contributed by atoms with Gasteiger partial charge in [0.1, 0.15) is 0 Å². The molecule has 0 aliphatic heterocycles. The van der Waals surface area contributed by atoms with Crippen molar-refractivity contribution in [1.29, 1.82) is 0 Å². The van der Waals surface area contributed by atoms with Gasteiger partial charge in [0.15, 0.2) is 0 Å². The van der Waals surface area contributed by atoms with Crippen molar-refractivity contribution in [2.45, 2.75) is 33.7 Å². The number of fused-ring (bicyclic) bond motifs is 1. The molecule has 3 rings (SSSR count). The van der Waals surface area contributed by atoms with Gasteiger partial charge in [-0.25, -0.2) is 0 Å². The van der Waals surface area contributed by atoms with Gasteiger partial charge in [-0.15, -0.1) is 0 Å². The molecule has 5 nitrogen and oxygen atoms in total. The van der Waals surface area contributed by atoms with Crippen LogP contribution in [0, 0.1) is 20.8 Å². The van der Waals surface area contributed by atoms with E-state index in [-0.39, 0.29) is 5.56 Å². The number of allylic oxidation sites excluding steroid dienone is 4. The van der Waals surface area contributed by atoms with Gasteiger partial charge in [0.2, 0.25) is 0 Å². The van der Waals surface area contributed by atoms with Crippen molar-refractivity contribution in [3.05, 3.63) is 57.1 Å². The van der Waals surface area contributed by atoms with E-state index in [1.54, 1.807) is 0 Å². The van der Waals surface area contributed by atoms with Gasteiger partial charge >= 0.3 is 108 Å². The van der Waals surface area contributed by atoms with Crippen molar-refractivity contribution in [2.24, 2.45) is 7.05 Å². The Morgan fingerprint density at radius 3 is 1.96 bits per heavy atom. The summed E-state index contributed by atoms with van der Waals surface area (Å²) in [6.45, 7) is 8.82. The normalized spacial score (nSPS) is 12.3. The molecular weight excluding hydrogens is 335 g/mol. The third kappa shape index (κ3) is 6.33. The second-order valence-corrected chi connectivity index (χ2v) is 7.71. The van der Waals surface area contributed by atoms with Crippen LogP contribution in [0.15, 0.2) is 29.1 Å². The number of hydrogen-bond donors (Lipinski definition) is 0. The van der Waals surface area contributed by atoms with Gasteiger partial charge < -0.3 is 4.90 Å². The molecule has 27 heavy (non-hydrogen) atoms. The van der Waals surface area contributed by atoms with Crippen molar-refractivity contribution in [2.75, 3.05) is 35.2 Å². The molecule has 148 valence electrons. The third-order valence-electron chi connectivity index (χ3n) is 4.33. The minimum atomic E-state index is 0.102. The molecule has 2 aromatic rings. The van der Waals surface area contributed by atoms with Crippen LogP contribution in [0.3, 0.4) is 0 Å². The first-order valence-electron chi connectivity index (χ1n) is 9.32. The van der Waals surface area contributed by atoms with Crippen LogP contribution in [0.25, 0.3) is 5.54 Å². The van der Waals surface area contributed by atoms with E-state index in [4.69, 9.17) is 0 Å². The first-order chi connectivity index (χ1) is 12.6. The molecule has 0 aromatic carbocycles. The van der Waals surface area contributed by atoms with Gasteiger partial charge in [0.05, 0.1) is 0 Å². The Morgan fingerprint density at radius 1 is 1.04 bits per heavy atom. The van der Waals surface area contributed by atoms with Gasteiger partial charge in [-0.3, -0.25) is 0 Å². The number of aromatic nitrogens is 2. The SMILES string of the molecule is C1=CCC=C1.CN(C)C.Cc1bc2n(C)c(C)c(C)c(=O)n2c1CN(C)C. The van der Waals surface area contributed by atoms with Crippen molar-refractivity contribution >= 4 is 12.5 Å². The van der Waals surface area contributed by atoms with Gasteiger partial charge in [0.25, 0.3) is 0 Å². The van der Waals surface area contributed by atoms with E-state index in [0.717, 1.165) is 35.5 Å². The average molecular weight is 370 g/mol. The summed E-state index contributed by atoms with van der Waals surface area (Å²) >= 11 is 0. The molecule has 0 spiro atoms. The number of aryl methyl sites for hydroxylation is 2. The summed E-state index contributed by atoms with van der Waals surface area (Å²) in [6.07, 6.45) is 9.50. The van der Waals surface area contributed by atoms with E-state index < -0.39 is 0 Å². The van der Waals surface area contributed by atoms with Crippen LogP contribution in [-0.2, 0) is 13.6 Å². The fourth-order valence-corrected chi connectivity index (χ4v) is 2.76. The van der Waals surface area contributed by atoms with Crippen molar-refractivity contribution in [1.82, 2.24) is 18.8 Å². The predicted octanol–water partition coefficient (Wildman–Crippen LogP) is 2.64. The van der Waals surface area contributed by atoms with Gasteiger partial charge in [0, 0.05) is 0 Å². The summed E-state index contributed by atoms with van der Waals surface area (Å²) in [4.78, 5) is 16.5. The molecule has 2 heterocycles. The van der Waals surface area contributed by atoms with E-state index >= 15 is 0 Å². The van der Waals surface area contributed by atoms with Crippen LogP contribution < -0.4 is 5.56 Å². The van der Waals surface area contributed by atoms with E-state index in [2.05, 4.69) is 47.6 Å². The molecule has 0 saturated heterocycles. The van der Waals surface area contributed by atoms with Crippen LogP contribution >= 0.6 is 0 Å².